The molecule has 0 aliphatic heterocycles. The van der Waals surface area contributed by atoms with E-state index in [-0.39, 0.29) is 25.8 Å². The Hall–Kier alpha value is 0.710. The Balaban J connectivity index is -0.000000122. The molecule has 0 bridgehead atoms. The summed E-state index contributed by atoms with van der Waals surface area (Å²) in [5.41, 5.74) is 0. The first-order valence-corrected chi connectivity index (χ1v) is 16.1. The average Bonchev–Trinajstić information content (AvgIpc) is 2.90. The van der Waals surface area contributed by atoms with Crippen molar-refractivity contribution in [3.63, 3.8) is 0 Å². The molecule has 0 rings (SSSR count). The van der Waals surface area contributed by atoms with Crippen LogP contribution in [0.25, 0.3) is 0 Å². The Kier molecular flexibility index (Phi) is 72.9. The monoisotopic (exact) mass is 700 g/mol. The minimum atomic E-state index is 0. The molecule has 4 nitrogen and oxygen atoms in total. The van der Waals surface area contributed by atoms with Crippen LogP contribution in [0.3, 0.4) is 0 Å². The molecule has 0 spiro atoms. The Morgan fingerprint density at radius 3 is 0.514 bits per heavy atom. The van der Waals surface area contributed by atoms with Crippen LogP contribution in [-0.2, 0) is 25.8 Å². The van der Waals surface area contributed by atoms with Crippen LogP contribution in [0.1, 0.15) is 182 Å². The Labute approximate surface area is 253 Å². The molecule has 0 aromatic carbocycles. The third-order valence-electron chi connectivity index (χ3n) is 6.05. The molecule has 37 heavy (non-hydrogen) atoms. The van der Waals surface area contributed by atoms with E-state index >= 15 is 0 Å². The second-order valence-electron chi connectivity index (χ2n) is 9.97. The summed E-state index contributed by atoms with van der Waals surface area (Å²) in [5, 5.41) is 33.7. The molecule has 0 heterocycles. The van der Waals surface area contributed by atoms with E-state index in [1.165, 1.54) is 128 Å². The van der Waals surface area contributed by atoms with E-state index in [0.29, 0.717) is 26.4 Å². The molecule has 0 aliphatic rings. The first-order chi connectivity index (χ1) is 17.7. The SMILES string of the molecule is CCCCCCCCO.CCCCCCCCO.CCCCCCCCO.CCCCCCCCO.[Hf]. The number of unbranched alkanes of at least 4 members (excludes halogenated alkanes) is 20. The van der Waals surface area contributed by atoms with Crippen LogP contribution < -0.4 is 0 Å². The molecule has 0 unspecified atom stereocenters. The molecule has 0 aliphatic carbocycles. The fourth-order valence-corrected chi connectivity index (χ4v) is 3.57. The van der Waals surface area contributed by atoms with E-state index < -0.39 is 0 Å². The molecule has 0 saturated carbocycles. The van der Waals surface area contributed by atoms with Gasteiger partial charge < -0.3 is 20.4 Å². The summed E-state index contributed by atoms with van der Waals surface area (Å²) in [6.45, 7) is 10.3. The van der Waals surface area contributed by atoms with E-state index in [0.717, 1.165) is 25.7 Å². The molecule has 0 amide bonds. The Bertz CT molecular complexity index is 214. The third kappa shape index (κ3) is 72.4. The Morgan fingerprint density at radius 1 is 0.243 bits per heavy atom. The van der Waals surface area contributed by atoms with Gasteiger partial charge in [0.25, 0.3) is 0 Å². The van der Waals surface area contributed by atoms with Crippen LogP contribution in [0.4, 0.5) is 0 Å². The van der Waals surface area contributed by atoms with Crippen LogP contribution in [0.2, 0.25) is 0 Å². The van der Waals surface area contributed by atoms with Crippen molar-refractivity contribution in [1.82, 2.24) is 0 Å². The first kappa shape index (κ1) is 47.5. The van der Waals surface area contributed by atoms with Crippen LogP contribution in [0.5, 0.6) is 0 Å². The summed E-state index contributed by atoms with van der Waals surface area (Å²) < 4.78 is 0. The summed E-state index contributed by atoms with van der Waals surface area (Å²) in [4.78, 5) is 0. The number of hydrogen-bond acceptors (Lipinski definition) is 4. The van der Waals surface area contributed by atoms with Crippen molar-refractivity contribution >= 4 is 0 Å². The van der Waals surface area contributed by atoms with Gasteiger partial charge in [0.1, 0.15) is 0 Å². The van der Waals surface area contributed by atoms with Gasteiger partial charge in [0, 0.05) is 52.3 Å². The largest absolute Gasteiger partial charge is 0.396 e. The summed E-state index contributed by atoms with van der Waals surface area (Å²) in [6.07, 6.45) is 30.0. The molecule has 0 saturated heterocycles. The number of aliphatic hydroxyl groups excluding tert-OH is 4. The fourth-order valence-electron chi connectivity index (χ4n) is 3.57. The molecule has 228 valence electrons. The quantitative estimate of drug-likeness (QED) is 0.0598. The second-order valence-corrected chi connectivity index (χ2v) is 9.97. The normalized spacial score (nSPS) is 9.73. The second kappa shape index (κ2) is 56.8. The van der Waals surface area contributed by atoms with Crippen LogP contribution >= 0.6 is 0 Å². The predicted octanol–water partition coefficient (Wildman–Crippen LogP) is 9.35. The van der Waals surface area contributed by atoms with Crippen molar-refractivity contribution in [2.24, 2.45) is 0 Å². The molecule has 4 N–H and O–H groups in total. The van der Waals surface area contributed by atoms with Gasteiger partial charge in [-0.05, 0) is 25.7 Å². The minimum absolute atomic E-state index is 0. The third-order valence-corrected chi connectivity index (χ3v) is 6.05. The molecule has 0 aromatic heterocycles. The molecule has 0 radical (unpaired) electrons. The smallest absolute Gasteiger partial charge is 0.0431 e. The predicted molar refractivity (Wildman–Crippen MR) is 162 cm³/mol. The summed E-state index contributed by atoms with van der Waals surface area (Å²) in [7, 11) is 0. The molecule has 5 heteroatoms. The standard InChI is InChI=1S/4C8H18O.Hf/c4*1-2-3-4-5-6-7-8-9;/h4*9H,2-8H2,1H3;. The molecular formula is C32H72HfO4. The van der Waals surface area contributed by atoms with Gasteiger partial charge in [0.15, 0.2) is 0 Å². The maximum absolute atomic E-state index is 8.42. The molecule has 0 atom stereocenters. The van der Waals surface area contributed by atoms with Crippen molar-refractivity contribution in [2.75, 3.05) is 26.4 Å². The zero-order chi connectivity index (χ0) is 27.8. The molecule has 0 aromatic rings. The molecular weight excluding hydrogens is 627 g/mol. The van der Waals surface area contributed by atoms with E-state index in [4.69, 9.17) is 20.4 Å². The van der Waals surface area contributed by atoms with Crippen LogP contribution in [0.15, 0.2) is 0 Å². The van der Waals surface area contributed by atoms with Gasteiger partial charge in [0.05, 0.1) is 0 Å². The summed E-state index contributed by atoms with van der Waals surface area (Å²) in [5.74, 6) is 0. The van der Waals surface area contributed by atoms with Gasteiger partial charge in [-0.1, -0.05) is 156 Å². The average molecular weight is 699 g/mol. The van der Waals surface area contributed by atoms with E-state index in [2.05, 4.69) is 27.7 Å². The summed E-state index contributed by atoms with van der Waals surface area (Å²) >= 11 is 0. The van der Waals surface area contributed by atoms with Crippen molar-refractivity contribution in [1.29, 1.82) is 0 Å². The van der Waals surface area contributed by atoms with Gasteiger partial charge in [-0.2, -0.15) is 0 Å². The molecule has 0 fully saturated rings. The zero-order valence-electron chi connectivity index (χ0n) is 26.1. The number of hydrogen-bond donors (Lipinski definition) is 4. The topological polar surface area (TPSA) is 80.9 Å². The van der Waals surface area contributed by atoms with Gasteiger partial charge in [-0.15, -0.1) is 0 Å². The van der Waals surface area contributed by atoms with Crippen molar-refractivity contribution in [2.45, 2.75) is 182 Å². The van der Waals surface area contributed by atoms with Gasteiger partial charge in [-0.3, -0.25) is 0 Å². The van der Waals surface area contributed by atoms with E-state index in [9.17, 15) is 0 Å². The van der Waals surface area contributed by atoms with Crippen molar-refractivity contribution < 1.29 is 46.3 Å². The van der Waals surface area contributed by atoms with Crippen LogP contribution in [0, 0.1) is 0 Å². The van der Waals surface area contributed by atoms with E-state index in [1.54, 1.807) is 0 Å². The zero-order valence-corrected chi connectivity index (χ0v) is 29.7. The van der Waals surface area contributed by atoms with Gasteiger partial charge >= 0.3 is 0 Å². The Morgan fingerprint density at radius 2 is 0.378 bits per heavy atom. The maximum Gasteiger partial charge on any atom is 0.0431 e. The number of rotatable bonds is 24. The van der Waals surface area contributed by atoms with E-state index in [1.807, 2.05) is 0 Å². The summed E-state index contributed by atoms with van der Waals surface area (Å²) in [6, 6.07) is 0. The van der Waals surface area contributed by atoms with Crippen LogP contribution in [-0.4, -0.2) is 46.9 Å². The van der Waals surface area contributed by atoms with Crippen molar-refractivity contribution in [3.05, 3.63) is 0 Å². The number of aliphatic hydroxyl groups is 4. The minimum Gasteiger partial charge on any atom is -0.396 e. The first-order valence-electron chi connectivity index (χ1n) is 16.1. The maximum atomic E-state index is 8.42. The van der Waals surface area contributed by atoms with Crippen molar-refractivity contribution in [3.8, 4) is 0 Å². The fraction of sp³-hybridized carbons (Fsp3) is 1.00. The van der Waals surface area contributed by atoms with Gasteiger partial charge in [-0.25, -0.2) is 0 Å². The van der Waals surface area contributed by atoms with Gasteiger partial charge in [0.2, 0.25) is 0 Å².